The van der Waals surface area contributed by atoms with E-state index in [1.54, 1.807) is 7.05 Å². The molecule has 2 heteroatoms. The highest BCUT2D eigenvalue weighted by molar-refractivity contribution is 5.75. The van der Waals surface area contributed by atoms with Gasteiger partial charge in [0, 0.05) is 13.5 Å². The zero-order valence-corrected chi connectivity index (χ0v) is 9.13. The number of allylic oxidation sites excluding steroid dienone is 2. The Morgan fingerprint density at radius 1 is 1.38 bits per heavy atom. The molecule has 0 radical (unpaired) electrons. The van der Waals surface area contributed by atoms with Crippen LogP contribution in [0.1, 0.15) is 33.6 Å². The fourth-order valence-corrected chi connectivity index (χ4v) is 1.18. The fraction of sp³-hybridized carbons (Fsp3) is 0.727. The molecule has 1 amide bonds. The van der Waals surface area contributed by atoms with E-state index in [2.05, 4.69) is 31.3 Å². The molecule has 13 heavy (non-hydrogen) atoms. The van der Waals surface area contributed by atoms with Crippen molar-refractivity contribution in [2.45, 2.75) is 33.6 Å². The van der Waals surface area contributed by atoms with Gasteiger partial charge in [-0.15, -0.1) is 0 Å². The van der Waals surface area contributed by atoms with Gasteiger partial charge in [0.1, 0.15) is 0 Å². The minimum atomic E-state index is 0.139. The first-order valence-electron chi connectivity index (χ1n) is 4.93. The SMILES string of the molecule is C/C=C/CC(C)C(C)CC(=O)NC. The molecule has 0 aromatic carbocycles. The van der Waals surface area contributed by atoms with Gasteiger partial charge in [-0.05, 0) is 25.2 Å². The van der Waals surface area contributed by atoms with Crippen LogP contribution in [0.15, 0.2) is 12.2 Å². The Labute approximate surface area is 81.4 Å². The van der Waals surface area contributed by atoms with Crippen LogP contribution in [0.5, 0.6) is 0 Å². The van der Waals surface area contributed by atoms with E-state index < -0.39 is 0 Å². The zero-order chi connectivity index (χ0) is 10.3. The van der Waals surface area contributed by atoms with Crippen molar-refractivity contribution < 1.29 is 4.79 Å². The Morgan fingerprint density at radius 3 is 2.46 bits per heavy atom. The van der Waals surface area contributed by atoms with Crippen LogP contribution in [-0.4, -0.2) is 13.0 Å². The molecule has 0 aliphatic heterocycles. The Bertz CT molecular complexity index is 175. The summed E-state index contributed by atoms with van der Waals surface area (Å²) in [6.07, 6.45) is 5.91. The van der Waals surface area contributed by atoms with Gasteiger partial charge >= 0.3 is 0 Å². The molecule has 0 aromatic heterocycles. The molecule has 0 aliphatic rings. The van der Waals surface area contributed by atoms with Crippen molar-refractivity contribution in [3.63, 3.8) is 0 Å². The number of amides is 1. The highest BCUT2D eigenvalue weighted by atomic mass is 16.1. The lowest BCUT2D eigenvalue weighted by molar-refractivity contribution is -0.121. The van der Waals surface area contributed by atoms with E-state index in [0.717, 1.165) is 6.42 Å². The standard InChI is InChI=1S/C11H21NO/c1-5-6-7-9(2)10(3)8-11(13)12-4/h5-6,9-10H,7-8H2,1-4H3,(H,12,13)/b6-5+. The van der Waals surface area contributed by atoms with Crippen LogP contribution in [0.25, 0.3) is 0 Å². The van der Waals surface area contributed by atoms with E-state index in [1.807, 2.05) is 6.92 Å². The van der Waals surface area contributed by atoms with Gasteiger partial charge in [0.2, 0.25) is 5.91 Å². The Kier molecular flexibility index (Phi) is 6.29. The summed E-state index contributed by atoms with van der Waals surface area (Å²) < 4.78 is 0. The number of carbonyl (C=O) groups excluding carboxylic acids is 1. The van der Waals surface area contributed by atoms with Gasteiger partial charge in [0.25, 0.3) is 0 Å². The monoisotopic (exact) mass is 183 g/mol. The molecular formula is C11H21NO. The fourth-order valence-electron chi connectivity index (χ4n) is 1.18. The van der Waals surface area contributed by atoms with Gasteiger partial charge in [-0.3, -0.25) is 4.79 Å². The molecule has 2 unspecified atom stereocenters. The van der Waals surface area contributed by atoms with Gasteiger partial charge in [0.05, 0.1) is 0 Å². The second-order valence-electron chi connectivity index (χ2n) is 3.64. The lowest BCUT2D eigenvalue weighted by atomic mass is 9.90. The molecule has 2 nitrogen and oxygen atoms in total. The molecule has 0 spiro atoms. The first-order valence-corrected chi connectivity index (χ1v) is 4.93. The van der Waals surface area contributed by atoms with Crippen LogP contribution < -0.4 is 5.32 Å². The Hall–Kier alpha value is -0.790. The predicted octanol–water partition coefficient (Wildman–Crippen LogP) is 2.36. The first kappa shape index (κ1) is 12.2. The van der Waals surface area contributed by atoms with Crippen molar-refractivity contribution in [3.05, 3.63) is 12.2 Å². The Balaban J connectivity index is 3.81. The van der Waals surface area contributed by atoms with Gasteiger partial charge in [-0.1, -0.05) is 26.0 Å². The van der Waals surface area contributed by atoms with Crippen molar-refractivity contribution in [3.8, 4) is 0 Å². The summed E-state index contributed by atoms with van der Waals surface area (Å²) in [5.74, 6) is 1.17. The number of hydrogen-bond acceptors (Lipinski definition) is 1. The van der Waals surface area contributed by atoms with Gasteiger partial charge in [-0.25, -0.2) is 0 Å². The van der Waals surface area contributed by atoms with E-state index in [9.17, 15) is 4.79 Å². The maximum Gasteiger partial charge on any atom is 0.220 e. The molecule has 0 aromatic rings. The zero-order valence-electron chi connectivity index (χ0n) is 9.13. The predicted molar refractivity (Wildman–Crippen MR) is 56.4 cm³/mol. The third-order valence-corrected chi connectivity index (χ3v) is 2.50. The minimum Gasteiger partial charge on any atom is -0.359 e. The molecule has 0 rings (SSSR count). The third kappa shape index (κ3) is 5.45. The first-order chi connectivity index (χ1) is 6.11. The smallest absolute Gasteiger partial charge is 0.220 e. The lowest BCUT2D eigenvalue weighted by Gasteiger charge is -2.17. The molecule has 76 valence electrons. The van der Waals surface area contributed by atoms with Gasteiger partial charge < -0.3 is 5.32 Å². The molecule has 0 fully saturated rings. The maximum absolute atomic E-state index is 11.1. The summed E-state index contributed by atoms with van der Waals surface area (Å²) in [6.45, 7) is 6.34. The normalized spacial score (nSPS) is 15.7. The molecule has 0 saturated heterocycles. The summed E-state index contributed by atoms with van der Waals surface area (Å²) in [6, 6.07) is 0. The van der Waals surface area contributed by atoms with E-state index in [4.69, 9.17) is 0 Å². The topological polar surface area (TPSA) is 29.1 Å². The second kappa shape index (κ2) is 6.70. The van der Waals surface area contributed by atoms with E-state index >= 15 is 0 Å². The van der Waals surface area contributed by atoms with Crippen molar-refractivity contribution >= 4 is 5.91 Å². The quantitative estimate of drug-likeness (QED) is 0.651. The Morgan fingerprint density at radius 2 is 2.00 bits per heavy atom. The highest BCUT2D eigenvalue weighted by Crippen LogP contribution is 2.18. The van der Waals surface area contributed by atoms with Gasteiger partial charge in [-0.2, -0.15) is 0 Å². The molecule has 0 bridgehead atoms. The highest BCUT2D eigenvalue weighted by Gasteiger charge is 2.13. The average Bonchev–Trinajstić information content (AvgIpc) is 2.13. The molecule has 0 saturated carbocycles. The summed E-state index contributed by atoms with van der Waals surface area (Å²) in [4.78, 5) is 11.1. The van der Waals surface area contributed by atoms with Crippen molar-refractivity contribution in [1.29, 1.82) is 0 Å². The van der Waals surface area contributed by atoms with Crippen LogP contribution >= 0.6 is 0 Å². The third-order valence-electron chi connectivity index (χ3n) is 2.50. The number of hydrogen-bond donors (Lipinski definition) is 1. The molecule has 0 aliphatic carbocycles. The molecule has 2 atom stereocenters. The molecule has 0 heterocycles. The van der Waals surface area contributed by atoms with Gasteiger partial charge in [0.15, 0.2) is 0 Å². The summed E-state index contributed by atoms with van der Waals surface area (Å²) >= 11 is 0. The van der Waals surface area contributed by atoms with Crippen LogP contribution in [-0.2, 0) is 4.79 Å². The molecular weight excluding hydrogens is 162 g/mol. The second-order valence-corrected chi connectivity index (χ2v) is 3.64. The van der Waals surface area contributed by atoms with Crippen molar-refractivity contribution in [2.24, 2.45) is 11.8 Å². The molecule has 1 N–H and O–H groups in total. The van der Waals surface area contributed by atoms with E-state index in [0.29, 0.717) is 18.3 Å². The number of nitrogens with one attached hydrogen (secondary N) is 1. The van der Waals surface area contributed by atoms with Crippen LogP contribution in [0.3, 0.4) is 0 Å². The summed E-state index contributed by atoms with van der Waals surface area (Å²) in [5, 5.41) is 2.65. The van der Waals surface area contributed by atoms with Crippen molar-refractivity contribution in [2.75, 3.05) is 7.05 Å². The van der Waals surface area contributed by atoms with Crippen molar-refractivity contribution in [1.82, 2.24) is 5.32 Å². The number of rotatable bonds is 5. The largest absolute Gasteiger partial charge is 0.359 e. The summed E-state index contributed by atoms with van der Waals surface area (Å²) in [5.41, 5.74) is 0. The minimum absolute atomic E-state index is 0.139. The van der Waals surface area contributed by atoms with Crippen LogP contribution in [0.2, 0.25) is 0 Å². The van der Waals surface area contributed by atoms with Crippen LogP contribution in [0, 0.1) is 11.8 Å². The maximum atomic E-state index is 11.1. The van der Waals surface area contributed by atoms with Crippen LogP contribution in [0.4, 0.5) is 0 Å². The summed E-state index contributed by atoms with van der Waals surface area (Å²) in [7, 11) is 1.69. The van der Waals surface area contributed by atoms with E-state index in [1.165, 1.54) is 0 Å². The average molecular weight is 183 g/mol. The van der Waals surface area contributed by atoms with E-state index in [-0.39, 0.29) is 5.91 Å². The lowest BCUT2D eigenvalue weighted by Crippen LogP contribution is -2.22. The number of carbonyl (C=O) groups is 1.